The molecule has 0 bridgehead atoms. The van der Waals surface area contributed by atoms with Gasteiger partial charge in [-0.2, -0.15) is 0 Å². The molecule has 1 aromatic carbocycles. The number of nitrogens with one attached hydrogen (secondary N) is 1. The third kappa shape index (κ3) is 3.49. The number of piperazine rings is 1. The van der Waals surface area contributed by atoms with E-state index in [1.165, 1.54) is 24.9 Å². The predicted molar refractivity (Wildman–Crippen MR) is 91.5 cm³/mol. The standard InChI is InChI=1S/C19H32N2/c1-6-16(3)13-21-15-18(4,7-2)20-14-19(21,5)17-11-9-8-10-12-17/h8-12,16,20H,6-7,13-15H2,1-5H3. The molecule has 0 saturated carbocycles. The molecule has 118 valence electrons. The van der Waals surface area contributed by atoms with Crippen LogP contribution in [0.1, 0.15) is 53.0 Å². The van der Waals surface area contributed by atoms with E-state index < -0.39 is 0 Å². The van der Waals surface area contributed by atoms with Crippen molar-refractivity contribution >= 4 is 0 Å². The van der Waals surface area contributed by atoms with Crippen LogP contribution in [-0.4, -0.2) is 30.1 Å². The third-order valence-electron chi connectivity index (χ3n) is 5.50. The van der Waals surface area contributed by atoms with E-state index in [9.17, 15) is 0 Å². The molecule has 21 heavy (non-hydrogen) atoms. The maximum atomic E-state index is 3.81. The lowest BCUT2D eigenvalue weighted by Crippen LogP contribution is -2.67. The summed E-state index contributed by atoms with van der Waals surface area (Å²) in [5.74, 6) is 0.743. The third-order valence-corrected chi connectivity index (χ3v) is 5.50. The summed E-state index contributed by atoms with van der Waals surface area (Å²) in [4.78, 5) is 2.72. The smallest absolute Gasteiger partial charge is 0.0558 e. The first-order valence-corrected chi connectivity index (χ1v) is 8.49. The fraction of sp³-hybridized carbons (Fsp3) is 0.684. The molecular formula is C19H32N2. The summed E-state index contributed by atoms with van der Waals surface area (Å²) in [6.45, 7) is 15.0. The maximum absolute atomic E-state index is 3.81. The second-order valence-electron chi connectivity index (χ2n) is 7.30. The monoisotopic (exact) mass is 288 g/mol. The van der Waals surface area contributed by atoms with Gasteiger partial charge in [0.15, 0.2) is 0 Å². The molecule has 1 aliphatic heterocycles. The van der Waals surface area contributed by atoms with Crippen LogP contribution in [0.15, 0.2) is 30.3 Å². The Hall–Kier alpha value is -0.860. The summed E-state index contributed by atoms with van der Waals surface area (Å²) < 4.78 is 0. The Kier molecular flexibility index (Phi) is 5.11. The van der Waals surface area contributed by atoms with Crippen molar-refractivity contribution in [2.75, 3.05) is 19.6 Å². The summed E-state index contributed by atoms with van der Waals surface area (Å²) in [7, 11) is 0. The van der Waals surface area contributed by atoms with Crippen molar-refractivity contribution in [3.8, 4) is 0 Å². The van der Waals surface area contributed by atoms with Gasteiger partial charge < -0.3 is 5.32 Å². The van der Waals surface area contributed by atoms with Crippen molar-refractivity contribution in [2.45, 2.75) is 58.5 Å². The summed E-state index contributed by atoms with van der Waals surface area (Å²) in [5.41, 5.74) is 1.76. The maximum Gasteiger partial charge on any atom is 0.0558 e. The lowest BCUT2D eigenvalue weighted by molar-refractivity contribution is 0.00623. The molecule has 3 atom stereocenters. The minimum Gasteiger partial charge on any atom is -0.308 e. The molecule has 1 N–H and O–H groups in total. The van der Waals surface area contributed by atoms with Crippen molar-refractivity contribution in [3.05, 3.63) is 35.9 Å². The van der Waals surface area contributed by atoms with Crippen LogP contribution in [-0.2, 0) is 5.54 Å². The molecular weight excluding hydrogens is 256 g/mol. The summed E-state index contributed by atoms with van der Waals surface area (Å²) in [5, 5.41) is 3.81. The highest BCUT2D eigenvalue weighted by atomic mass is 15.3. The second-order valence-corrected chi connectivity index (χ2v) is 7.30. The molecule has 0 aromatic heterocycles. The van der Waals surface area contributed by atoms with Crippen molar-refractivity contribution in [3.63, 3.8) is 0 Å². The largest absolute Gasteiger partial charge is 0.308 e. The molecule has 0 spiro atoms. The Bertz CT molecular complexity index is 444. The number of benzene rings is 1. The zero-order valence-electron chi connectivity index (χ0n) is 14.4. The zero-order valence-corrected chi connectivity index (χ0v) is 14.4. The van der Waals surface area contributed by atoms with Crippen LogP contribution >= 0.6 is 0 Å². The van der Waals surface area contributed by atoms with Crippen LogP contribution in [0.5, 0.6) is 0 Å². The highest BCUT2D eigenvalue weighted by Gasteiger charge is 2.43. The normalized spacial score (nSPS) is 32.0. The van der Waals surface area contributed by atoms with Gasteiger partial charge in [-0.3, -0.25) is 4.90 Å². The number of rotatable bonds is 5. The van der Waals surface area contributed by atoms with Gasteiger partial charge in [-0.1, -0.05) is 57.5 Å². The molecule has 2 rings (SSSR count). The molecule has 0 radical (unpaired) electrons. The topological polar surface area (TPSA) is 15.3 Å². The number of hydrogen-bond acceptors (Lipinski definition) is 2. The van der Waals surface area contributed by atoms with Crippen molar-refractivity contribution in [2.24, 2.45) is 5.92 Å². The van der Waals surface area contributed by atoms with Crippen LogP contribution in [0.3, 0.4) is 0 Å². The van der Waals surface area contributed by atoms with Gasteiger partial charge >= 0.3 is 0 Å². The average Bonchev–Trinajstić information content (AvgIpc) is 2.52. The molecule has 1 heterocycles. The van der Waals surface area contributed by atoms with Crippen LogP contribution in [0.4, 0.5) is 0 Å². The Labute approximate surface area is 130 Å². The molecule has 2 heteroatoms. The first-order valence-electron chi connectivity index (χ1n) is 8.49. The van der Waals surface area contributed by atoms with E-state index in [-0.39, 0.29) is 11.1 Å². The van der Waals surface area contributed by atoms with Crippen LogP contribution in [0.25, 0.3) is 0 Å². The SMILES string of the molecule is CCC(C)CN1CC(C)(CC)NCC1(C)c1ccccc1. The second kappa shape index (κ2) is 6.50. The molecule has 1 aromatic rings. The molecule has 2 nitrogen and oxygen atoms in total. The highest BCUT2D eigenvalue weighted by molar-refractivity contribution is 5.26. The lowest BCUT2D eigenvalue weighted by Gasteiger charge is -2.53. The van der Waals surface area contributed by atoms with E-state index >= 15 is 0 Å². The lowest BCUT2D eigenvalue weighted by atomic mass is 9.82. The van der Waals surface area contributed by atoms with Gasteiger partial charge in [0, 0.05) is 25.2 Å². The van der Waals surface area contributed by atoms with Gasteiger partial charge in [0.2, 0.25) is 0 Å². The predicted octanol–water partition coefficient (Wildman–Crippen LogP) is 4.02. The average molecular weight is 288 g/mol. The van der Waals surface area contributed by atoms with E-state index in [2.05, 4.69) is 75.2 Å². The summed E-state index contributed by atoms with van der Waals surface area (Å²) in [6, 6.07) is 11.0. The van der Waals surface area contributed by atoms with Crippen molar-refractivity contribution in [1.29, 1.82) is 0 Å². The Morgan fingerprint density at radius 3 is 2.43 bits per heavy atom. The van der Waals surface area contributed by atoms with Crippen LogP contribution in [0, 0.1) is 5.92 Å². The first kappa shape index (κ1) is 16.5. The molecule has 3 unspecified atom stereocenters. The molecule has 1 fully saturated rings. The van der Waals surface area contributed by atoms with Gasteiger partial charge in [-0.15, -0.1) is 0 Å². The van der Waals surface area contributed by atoms with Gasteiger partial charge in [-0.25, -0.2) is 0 Å². The van der Waals surface area contributed by atoms with Crippen molar-refractivity contribution < 1.29 is 0 Å². The summed E-state index contributed by atoms with van der Waals surface area (Å²) in [6.07, 6.45) is 2.42. The highest BCUT2D eigenvalue weighted by Crippen LogP contribution is 2.34. The van der Waals surface area contributed by atoms with E-state index in [0.29, 0.717) is 0 Å². The fourth-order valence-corrected chi connectivity index (χ4v) is 3.24. The first-order chi connectivity index (χ1) is 9.93. The van der Waals surface area contributed by atoms with Gasteiger partial charge in [0.05, 0.1) is 5.54 Å². The zero-order chi connectivity index (χ0) is 15.5. The van der Waals surface area contributed by atoms with Gasteiger partial charge in [-0.05, 0) is 31.7 Å². The summed E-state index contributed by atoms with van der Waals surface area (Å²) >= 11 is 0. The van der Waals surface area contributed by atoms with E-state index in [1.807, 2.05) is 0 Å². The number of nitrogens with zero attached hydrogens (tertiary/aromatic N) is 1. The van der Waals surface area contributed by atoms with Crippen molar-refractivity contribution in [1.82, 2.24) is 10.2 Å². The van der Waals surface area contributed by atoms with E-state index in [0.717, 1.165) is 19.0 Å². The molecule has 1 aliphatic rings. The minimum absolute atomic E-state index is 0.0966. The van der Waals surface area contributed by atoms with Gasteiger partial charge in [0.1, 0.15) is 0 Å². The molecule has 1 saturated heterocycles. The Morgan fingerprint density at radius 2 is 1.86 bits per heavy atom. The fourth-order valence-electron chi connectivity index (χ4n) is 3.24. The minimum atomic E-state index is 0.0966. The van der Waals surface area contributed by atoms with Crippen LogP contribution in [0.2, 0.25) is 0 Å². The quantitative estimate of drug-likeness (QED) is 0.880. The molecule has 0 aliphatic carbocycles. The molecule has 0 amide bonds. The van der Waals surface area contributed by atoms with Crippen LogP contribution < -0.4 is 5.32 Å². The van der Waals surface area contributed by atoms with E-state index in [4.69, 9.17) is 0 Å². The van der Waals surface area contributed by atoms with Gasteiger partial charge in [0.25, 0.3) is 0 Å². The number of hydrogen-bond donors (Lipinski definition) is 1. The van der Waals surface area contributed by atoms with E-state index in [1.54, 1.807) is 0 Å². The Morgan fingerprint density at radius 1 is 1.19 bits per heavy atom. The Balaban J connectivity index is 2.29.